The minimum atomic E-state index is -0.225. The van der Waals surface area contributed by atoms with Crippen LogP contribution >= 0.6 is 0 Å². The molecule has 0 aromatic heterocycles. The van der Waals surface area contributed by atoms with E-state index in [0.717, 1.165) is 17.7 Å². The Labute approximate surface area is 160 Å². The molecule has 6 heteroatoms. The van der Waals surface area contributed by atoms with E-state index in [4.69, 9.17) is 9.47 Å². The highest BCUT2D eigenvalue weighted by molar-refractivity contribution is 5.95. The number of hydrogen-bond acceptors (Lipinski definition) is 4. The molecule has 0 saturated carbocycles. The molecule has 2 rings (SSSR count). The fourth-order valence-electron chi connectivity index (χ4n) is 2.62. The third-order valence-corrected chi connectivity index (χ3v) is 4.12. The van der Waals surface area contributed by atoms with E-state index in [0.29, 0.717) is 11.5 Å². The van der Waals surface area contributed by atoms with Crippen LogP contribution < -0.4 is 14.8 Å². The molecule has 27 heavy (non-hydrogen) atoms. The van der Waals surface area contributed by atoms with Crippen molar-refractivity contribution in [2.24, 2.45) is 0 Å². The van der Waals surface area contributed by atoms with Crippen molar-refractivity contribution in [2.45, 2.75) is 19.8 Å². The number of aryl methyl sites for hydroxylation is 1. The summed E-state index contributed by atoms with van der Waals surface area (Å²) in [5.41, 5.74) is 1.84. The quantitative estimate of drug-likeness (QED) is 0.736. The summed E-state index contributed by atoms with van der Waals surface area (Å²) in [5.74, 6) is 0.817. The number of likely N-dealkylation sites (N-methyl/N-ethyl adjacent to an activating group) is 1. The molecule has 0 spiro atoms. The normalized spacial score (nSPS) is 10.2. The van der Waals surface area contributed by atoms with Gasteiger partial charge in [-0.15, -0.1) is 0 Å². The van der Waals surface area contributed by atoms with Gasteiger partial charge in [-0.2, -0.15) is 0 Å². The first kappa shape index (κ1) is 20.3. The van der Waals surface area contributed by atoms with Crippen molar-refractivity contribution < 1.29 is 19.1 Å². The summed E-state index contributed by atoms with van der Waals surface area (Å²) in [7, 11) is 3.17. The number of amides is 2. The highest BCUT2D eigenvalue weighted by Crippen LogP contribution is 2.25. The lowest BCUT2D eigenvalue weighted by Gasteiger charge is -2.18. The lowest BCUT2D eigenvalue weighted by atomic mass is 10.1. The first-order chi connectivity index (χ1) is 13.0. The lowest BCUT2D eigenvalue weighted by Crippen LogP contribution is -2.35. The van der Waals surface area contributed by atoms with Gasteiger partial charge in [-0.1, -0.05) is 37.3 Å². The largest absolute Gasteiger partial charge is 0.493 e. The smallest absolute Gasteiger partial charge is 0.243 e. The van der Waals surface area contributed by atoms with Crippen LogP contribution in [0.2, 0.25) is 0 Å². The number of nitrogens with zero attached hydrogens (tertiary/aromatic N) is 1. The van der Waals surface area contributed by atoms with Crippen LogP contribution in [0.4, 0.5) is 5.69 Å². The van der Waals surface area contributed by atoms with Crippen LogP contribution in [0.3, 0.4) is 0 Å². The monoisotopic (exact) mass is 370 g/mol. The molecule has 6 nitrogen and oxygen atoms in total. The van der Waals surface area contributed by atoms with Crippen LogP contribution in [0.1, 0.15) is 18.9 Å². The van der Waals surface area contributed by atoms with E-state index in [1.54, 1.807) is 26.3 Å². The van der Waals surface area contributed by atoms with E-state index in [-0.39, 0.29) is 31.4 Å². The van der Waals surface area contributed by atoms with Gasteiger partial charge in [-0.05, 0) is 30.2 Å². The second-order valence-corrected chi connectivity index (χ2v) is 6.06. The van der Waals surface area contributed by atoms with E-state index in [1.165, 1.54) is 4.90 Å². The van der Waals surface area contributed by atoms with Gasteiger partial charge in [0.05, 0.1) is 26.7 Å². The van der Waals surface area contributed by atoms with Crippen LogP contribution in [0, 0.1) is 0 Å². The summed E-state index contributed by atoms with van der Waals surface area (Å²) in [6.07, 6.45) is 0.999. The van der Waals surface area contributed by atoms with Crippen molar-refractivity contribution in [1.29, 1.82) is 0 Å². The molecule has 0 unspecified atom stereocenters. The van der Waals surface area contributed by atoms with Crippen molar-refractivity contribution in [1.82, 2.24) is 4.90 Å². The second-order valence-electron chi connectivity index (χ2n) is 6.06. The predicted molar refractivity (Wildman–Crippen MR) is 105 cm³/mol. The van der Waals surface area contributed by atoms with Crippen LogP contribution in [0.5, 0.6) is 11.5 Å². The Morgan fingerprint density at radius 2 is 1.70 bits per heavy atom. The fourth-order valence-corrected chi connectivity index (χ4v) is 2.62. The van der Waals surface area contributed by atoms with Gasteiger partial charge >= 0.3 is 0 Å². The summed E-state index contributed by atoms with van der Waals surface area (Å²) < 4.78 is 10.8. The SMILES string of the molecule is CCc1ccccc1NC(=O)CN(C)C(=O)CCOc1ccccc1OC. The van der Waals surface area contributed by atoms with Gasteiger partial charge in [0.15, 0.2) is 11.5 Å². The molecule has 0 saturated heterocycles. The summed E-state index contributed by atoms with van der Waals surface area (Å²) in [6.45, 7) is 2.23. The first-order valence-electron chi connectivity index (χ1n) is 8.92. The fraction of sp³-hybridized carbons (Fsp3) is 0.333. The van der Waals surface area contributed by atoms with Gasteiger partial charge < -0.3 is 19.7 Å². The van der Waals surface area contributed by atoms with Gasteiger partial charge in [-0.25, -0.2) is 0 Å². The summed E-state index contributed by atoms with van der Waals surface area (Å²) in [6, 6.07) is 14.9. The molecule has 0 atom stereocenters. The van der Waals surface area contributed by atoms with Gasteiger partial charge in [0.25, 0.3) is 0 Å². The number of ether oxygens (including phenoxy) is 2. The van der Waals surface area contributed by atoms with Crippen molar-refractivity contribution >= 4 is 17.5 Å². The number of nitrogens with one attached hydrogen (secondary N) is 1. The molecule has 0 heterocycles. The maximum atomic E-state index is 12.2. The molecule has 2 amide bonds. The first-order valence-corrected chi connectivity index (χ1v) is 8.92. The molecule has 0 aliphatic rings. The lowest BCUT2D eigenvalue weighted by molar-refractivity contribution is -0.133. The van der Waals surface area contributed by atoms with Crippen molar-refractivity contribution in [3.05, 3.63) is 54.1 Å². The molecule has 0 bridgehead atoms. The third-order valence-electron chi connectivity index (χ3n) is 4.12. The summed E-state index contributed by atoms with van der Waals surface area (Å²) >= 11 is 0. The Balaban J connectivity index is 1.80. The molecular weight excluding hydrogens is 344 g/mol. The standard InChI is InChI=1S/C21H26N2O4/c1-4-16-9-5-6-10-17(16)22-20(24)15-23(2)21(25)13-14-27-19-12-8-7-11-18(19)26-3/h5-12H,4,13-15H2,1-3H3,(H,22,24). The zero-order valence-corrected chi connectivity index (χ0v) is 16.0. The number of hydrogen-bond donors (Lipinski definition) is 1. The van der Waals surface area contributed by atoms with E-state index >= 15 is 0 Å². The minimum absolute atomic E-state index is 0.00839. The van der Waals surface area contributed by atoms with Crippen LogP contribution in [-0.2, 0) is 16.0 Å². The average molecular weight is 370 g/mol. The van der Waals surface area contributed by atoms with Crippen LogP contribution in [-0.4, -0.2) is 44.0 Å². The highest BCUT2D eigenvalue weighted by atomic mass is 16.5. The molecular formula is C21H26N2O4. The Kier molecular flexibility index (Phi) is 7.67. The predicted octanol–water partition coefficient (Wildman–Crippen LogP) is 3.12. The van der Waals surface area contributed by atoms with E-state index in [9.17, 15) is 9.59 Å². The average Bonchev–Trinajstić information content (AvgIpc) is 2.68. The Morgan fingerprint density at radius 3 is 2.41 bits per heavy atom. The molecule has 0 aliphatic heterocycles. The Morgan fingerprint density at radius 1 is 1.04 bits per heavy atom. The van der Waals surface area contributed by atoms with Crippen molar-refractivity contribution in [2.75, 3.05) is 32.6 Å². The minimum Gasteiger partial charge on any atom is -0.493 e. The van der Waals surface area contributed by atoms with Crippen LogP contribution in [0.25, 0.3) is 0 Å². The van der Waals surface area contributed by atoms with Crippen molar-refractivity contribution in [3.8, 4) is 11.5 Å². The number of methoxy groups -OCH3 is 1. The third kappa shape index (κ3) is 6.02. The van der Waals surface area contributed by atoms with Gasteiger partial charge in [0.1, 0.15) is 0 Å². The van der Waals surface area contributed by atoms with E-state index in [1.807, 2.05) is 43.3 Å². The maximum Gasteiger partial charge on any atom is 0.243 e. The molecule has 2 aromatic carbocycles. The number of anilines is 1. The highest BCUT2D eigenvalue weighted by Gasteiger charge is 2.14. The van der Waals surface area contributed by atoms with Gasteiger partial charge in [0.2, 0.25) is 11.8 Å². The number of para-hydroxylation sites is 3. The zero-order valence-electron chi connectivity index (χ0n) is 16.0. The van der Waals surface area contributed by atoms with Crippen molar-refractivity contribution in [3.63, 3.8) is 0 Å². The Bertz CT molecular complexity index is 776. The van der Waals surface area contributed by atoms with Crippen LogP contribution in [0.15, 0.2) is 48.5 Å². The molecule has 2 aromatic rings. The Hall–Kier alpha value is -3.02. The van der Waals surface area contributed by atoms with Gasteiger partial charge in [-0.3, -0.25) is 9.59 Å². The van der Waals surface area contributed by atoms with E-state index in [2.05, 4.69) is 5.32 Å². The number of rotatable bonds is 9. The van der Waals surface area contributed by atoms with E-state index < -0.39 is 0 Å². The molecule has 0 fully saturated rings. The number of benzene rings is 2. The molecule has 144 valence electrons. The molecule has 0 aliphatic carbocycles. The zero-order chi connectivity index (χ0) is 19.6. The maximum absolute atomic E-state index is 12.2. The number of carbonyl (C=O) groups is 2. The summed E-state index contributed by atoms with van der Waals surface area (Å²) in [5, 5.41) is 2.86. The molecule has 0 radical (unpaired) electrons. The van der Waals surface area contributed by atoms with Gasteiger partial charge in [0, 0.05) is 12.7 Å². The summed E-state index contributed by atoms with van der Waals surface area (Å²) in [4.78, 5) is 25.9. The topological polar surface area (TPSA) is 67.9 Å². The number of carbonyl (C=O) groups excluding carboxylic acids is 2. The second kappa shape index (κ2) is 10.2. The molecule has 1 N–H and O–H groups in total.